The quantitative estimate of drug-likeness (QED) is 0.661. The van der Waals surface area contributed by atoms with E-state index in [1.165, 1.54) is 0 Å². The third-order valence-corrected chi connectivity index (χ3v) is 4.03. The average molecular weight is 341 g/mol. The minimum absolute atomic E-state index is 0.207. The molecule has 0 radical (unpaired) electrons. The van der Waals surface area contributed by atoms with Gasteiger partial charge in [-0.15, -0.1) is 0 Å². The topological polar surface area (TPSA) is 83.7 Å². The molecule has 0 aliphatic carbocycles. The highest BCUT2D eigenvalue weighted by atomic mass is 35.5. The molecule has 0 spiro atoms. The van der Waals surface area contributed by atoms with Gasteiger partial charge in [0.1, 0.15) is 0 Å². The first kappa shape index (κ1) is 16.2. The largest absolute Gasteiger partial charge is 0.489 e. The molecule has 1 unspecified atom stereocenters. The molecule has 3 rings (SSSR count). The fourth-order valence-corrected chi connectivity index (χ4v) is 2.82. The van der Waals surface area contributed by atoms with Gasteiger partial charge in [0.25, 0.3) is 0 Å². The van der Waals surface area contributed by atoms with Crippen LogP contribution in [-0.4, -0.2) is 38.4 Å². The van der Waals surface area contributed by atoms with E-state index in [-0.39, 0.29) is 12.1 Å². The number of carbonyl (C=O) groups is 1. The summed E-state index contributed by atoms with van der Waals surface area (Å²) in [5.41, 5.74) is 7.00. The van der Waals surface area contributed by atoms with Gasteiger partial charge in [0.2, 0.25) is 0 Å². The van der Waals surface area contributed by atoms with Gasteiger partial charge in [-0.2, -0.15) is 0 Å². The third kappa shape index (κ3) is 4.40. The SMILES string of the molecule is O=C(NCc1cc(Cl)c2c(c1)OCCCO2)NCC1CCNN1. The second-order valence-electron chi connectivity index (χ2n) is 5.58. The number of carbonyl (C=O) groups excluding carboxylic acids is 1. The summed E-state index contributed by atoms with van der Waals surface area (Å²) >= 11 is 6.23. The second-order valence-corrected chi connectivity index (χ2v) is 5.98. The lowest BCUT2D eigenvalue weighted by atomic mass is 10.2. The summed E-state index contributed by atoms with van der Waals surface area (Å²) in [4.78, 5) is 11.8. The number of rotatable bonds is 4. The van der Waals surface area contributed by atoms with Crippen LogP contribution >= 0.6 is 11.6 Å². The van der Waals surface area contributed by atoms with Crippen LogP contribution in [0.4, 0.5) is 4.79 Å². The highest BCUT2D eigenvalue weighted by Gasteiger charge is 2.17. The van der Waals surface area contributed by atoms with Crippen LogP contribution in [-0.2, 0) is 6.54 Å². The van der Waals surface area contributed by atoms with Crippen LogP contribution in [0.5, 0.6) is 11.5 Å². The number of fused-ring (bicyclic) bond motifs is 1. The summed E-state index contributed by atoms with van der Waals surface area (Å²) in [5, 5.41) is 6.16. The lowest BCUT2D eigenvalue weighted by molar-refractivity contribution is 0.239. The number of ether oxygens (including phenoxy) is 2. The number of hydrogen-bond donors (Lipinski definition) is 4. The van der Waals surface area contributed by atoms with Gasteiger partial charge >= 0.3 is 6.03 Å². The highest BCUT2D eigenvalue weighted by molar-refractivity contribution is 6.32. The van der Waals surface area contributed by atoms with Crippen LogP contribution in [0, 0.1) is 0 Å². The van der Waals surface area contributed by atoms with Crippen LogP contribution in [0.2, 0.25) is 5.02 Å². The standard InChI is InChI=1S/C15H21ClN4O3/c16-12-6-10(7-13-14(12)23-5-1-4-22-13)8-17-15(21)18-9-11-2-3-19-20-11/h6-7,11,19-20H,1-5,8-9H2,(H2,17,18,21). The molecular weight excluding hydrogens is 320 g/mol. The monoisotopic (exact) mass is 340 g/mol. The predicted molar refractivity (Wildman–Crippen MR) is 86.8 cm³/mol. The summed E-state index contributed by atoms with van der Waals surface area (Å²) < 4.78 is 11.2. The zero-order valence-corrected chi connectivity index (χ0v) is 13.5. The van der Waals surface area contributed by atoms with Crippen LogP contribution in [0.3, 0.4) is 0 Å². The van der Waals surface area contributed by atoms with E-state index >= 15 is 0 Å². The molecule has 2 aliphatic heterocycles. The molecule has 2 aliphatic rings. The van der Waals surface area contributed by atoms with Crippen molar-refractivity contribution in [3.8, 4) is 11.5 Å². The molecule has 2 heterocycles. The lowest BCUT2D eigenvalue weighted by Gasteiger charge is -2.14. The van der Waals surface area contributed by atoms with Gasteiger partial charge in [0, 0.05) is 32.1 Å². The molecule has 126 valence electrons. The molecule has 1 fully saturated rings. The smallest absolute Gasteiger partial charge is 0.315 e. The minimum atomic E-state index is -0.207. The Morgan fingerprint density at radius 1 is 1.30 bits per heavy atom. The maximum atomic E-state index is 11.8. The fraction of sp³-hybridized carbons (Fsp3) is 0.533. The average Bonchev–Trinajstić information content (AvgIpc) is 2.95. The summed E-state index contributed by atoms with van der Waals surface area (Å²) in [6.07, 6.45) is 1.82. The number of hydrazine groups is 1. The summed E-state index contributed by atoms with van der Waals surface area (Å²) in [5.74, 6) is 1.21. The minimum Gasteiger partial charge on any atom is -0.489 e. The first-order valence-electron chi connectivity index (χ1n) is 7.80. The zero-order chi connectivity index (χ0) is 16.1. The second kappa shape index (κ2) is 7.72. The van der Waals surface area contributed by atoms with Crippen LogP contribution in [0.1, 0.15) is 18.4 Å². The molecule has 4 N–H and O–H groups in total. The zero-order valence-electron chi connectivity index (χ0n) is 12.8. The van der Waals surface area contributed by atoms with E-state index in [2.05, 4.69) is 21.5 Å². The van der Waals surface area contributed by atoms with Crippen LogP contribution in [0.25, 0.3) is 0 Å². The summed E-state index contributed by atoms with van der Waals surface area (Å²) in [6.45, 7) is 3.07. The van der Waals surface area contributed by atoms with Crippen LogP contribution < -0.4 is 31.0 Å². The third-order valence-electron chi connectivity index (χ3n) is 3.75. The maximum Gasteiger partial charge on any atom is 0.315 e. The van der Waals surface area contributed by atoms with Crippen molar-refractivity contribution in [2.24, 2.45) is 0 Å². The molecule has 7 nitrogen and oxygen atoms in total. The molecule has 0 aromatic heterocycles. The number of amides is 2. The van der Waals surface area contributed by atoms with Crippen molar-refractivity contribution >= 4 is 17.6 Å². The lowest BCUT2D eigenvalue weighted by Crippen LogP contribution is -2.43. The van der Waals surface area contributed by atoms with Gasteiger partial charge in [0.05, 0.1) is 18.2 Å². The van der Waals surface area contributed by atoms with Crippen molar-refractivity contribution in [2.75, 3.05) is 26.3 Å². The van der Waals surface area contributed by atoms with Crippen molar-refractivity contribution in [2.45, 2.75) is 25.4 Å². The van der Waals surface area contributed by atoms with Crippen molar-refractivity contribution in [1.82, 2.24) is 21.5 Å². The van der Waals surface area contributed by atoms with E-state index in [0.717, 1.165) is 24.9 Å². The molecule has 1 aromatic carbocycles. The van der Waals surface area contributed by atoms with Gasteiger partial charge in [-0.1, -0.05) is 11.6 Å². The van der Waals surface area contributed by atoms with Gasteiger partial charge in [-0.3, -0.25) is 10.9 Å². The van der Waals surface area contributed by atoms with E-state index in [9.17, 15) is 4.79 Å². The van der Waals surface area contributed by atoms with Gasteiger partial charge in [-0.25, -0.2) is 4.79 Å². The van der Waals surface area contributed by atoms with Crippen molar-refractivity contribution in [1.29, 1.82) is 0 Å². The Hall–Kier alpha value is -1.70. The first-order chi connectivity index (χ1) is 11.2. The Morgan fingerprint density at radius 2 is 2.17 bits per heavy atom. The van der Waals surface area contributed by atoms with E-state index in [0.29, 0.717) is 42.8 Å². The maximum absolute atomic E-state index is 11.8. The van der Waals surface area contributed by atoms with Crippen molar-refractivity contribution < 1.29 is 14.3 Å². The molecule has 8 heteroatoms. The number of benzene rings is 1. The molecule has 23 heavy (non-hydrogen) atoms. The van der Waals surface area contributed by atoms with Crippen molar-refractivity contribution in [3.05, 3.63) is 22.7 Å². The van der Waals surface area contributed by atoms with E-state index in [1.807, 2.05) is 6.07 Å². The molecular formula is C15H21ClN4O3. The molecule has 0 saturated carbocycles. The van der Waals surface area contributed by atoms with E-state index < -0.39 is 0 Å². The molecule has 0 bridgehead atoms. The number of halogens is 1. The normalized spacial score (nSPS) is 20.0. The van der Waals surface area contributed by atoms with Crippen LogP contribution in [0.15, 0.2) is 12.1 Å². The number of nitrogens with one attached hydrogen (secondary N) is 4. The van der Waals surface area contributed by atoms with Crippen molar-refractivity contribution in [3.63, 3.8) is 0 Å². The van der Waals surface area contributed by atoms with Gasteiger partial charge in [-0.05, 0) is 24.1 Å². The molecule has 1 aromatic rings. The fourth-order valence-electron chi connectivity index (χ4n) is 2.54. The highest BCUT2D eigenvalue weighted by Crippen LogP contribution is 2.37. The molecule has 2 amide bonds. The van der Waals surface area contributed by atoms with Gasteiger partial charge in [0.15, 0.2) is 11.5 Å². The Kier molecular flexibility index (Phi) is 5.43. The Balaban J connectivity index is 1.52. The summed E-state index contributed by atoms with van der Waals surface area (Å²) in [6, 6.07) is 3.71. The first-order valence-corrected chi connectivity index (χ1v) is 8.18. The Labute approximate surface area is 140 Å². The van der Waals surface area contributed by atoms with E-state index in [1.54, 1.807) is 6.07 Å². The molecule has 1 saturated heterocycles. The Bertz CT molecular complexity index is 564. The van der Waals surface area contributed by atoms with E-state index in [4.69, 9.17) is 21.1 Å². The predicted octanol–water partition coefficient (Wildman–Crippen LogP) is 1.17. The Morgan fingerprint density at radius 3 is 3.00 bits per heavy atom. The summed E-state index contributed by atoms with van der Waals surface area (Å²) in [7, 11) is 0. The number of hydrogen-bond acceptors (Lipinski definition) is 5. The molecule has 1 atom stereocenters. The number of urea groups is 1. The van der Waals surface area contributed by atoms with Gasteiger partial charge < -0.3 is 20.1 Å².